The van der Waals surface area contributed by atoms with E-state index < -0.39 is 21.8 Å². The molecule has 0 saturated carbocycles. The molecule has 1 aliphatic heterocycles. The Labute approximate surface area is 197 Å². The van der Waals surface area contributed by atoms with Crippen molar-refractivity contribution >= 4 is 38.6 Å². The molecule has 1 saturated heterocycles. The first-order valence-corrected chi connectivity index (χ1v) is 12.8. The van der Waals surface area contributed by atoms with Crippen LogP contribution < -0.4 is 10.2 Å². The number of furan rings is 1. The number of nitrogens with zero attached hydrogens (tertiary/aromatic N) is 3. The van der Waals surface area contributed by atoms with Crippen LogP contribution in [0.1, 0.15) is 41.8 Å². The molecular formula is C23H26N4O6S. The zero-order valence-electron chi connectivity index (χ0n) is 19.2. The molecular weight excluding hydrogens is 460 g/mol. The topological polar surface area (TPSA) is 132 Å². The van der Waals surface area contributed by atoms with E-state index in [1.807, 2.05) is 11.8 Å². The number of carbonyl (C=O) groups is 2. The number of nitrogens with one attached hydrogen (secondary N) is 1. The Bertz CT molecular complexity index is 1350. The quantitative estimate of drug-likeness (QED) is 0.500. The first kappa shape index (κ1) is 23.7. The number of anilines is 1. The van der Waals surface area contributed by atoms with Gasteiger partial charge in [0.1, 0.15) is 11.8 Å². The monoisotopic (exact) mass is 486 g/mol. The van der Waals surface area contributed by atoms with Crippen molar-refractivity contribution in [3.05, 3.63) is 47.5 Å². The first-order valence-electron chi connectivity index (χ1n) is 11.0. The Hall–Kier alpha value is -3.47. The lowest BCUT2D eigenvalue weighted by Crippen LogP contribution is -2.43. The third-order valence-corrected chi connectivity index (χ3v) is 6.77. The molecule has 4 rings (SSSR count). The average molecular weight is 487 g/mol. The van der Waals surface area contributed by atoms with Gasteiger partial charge in [0.2, 0.25) is 17.6 Å². The molecule has 3 heterocycles. The fourth-order valence-electron chi connectivity index (χ4n) is 3.97. The number of rotatable bonds is 7. The minimum atomic E-state index is -3.38. The molecule has 1 unspecified atom stereocenters. The maximum absolute atomic E-state index is 13.0. The van der Waals surface area contributed by atoms with Crippen LogP contribution in [0.5, 0.6) is 0 Å². The summed E-state index contributed by atoms with van der Waals surface area (Å²) in [6.07, 6.45) is 2.57. The average Bonchev–Trinajstić information content (AvgIpc) is 3.46. The Morgan fingerprint density at radius 3 is 2.76 bits per heavy atom. The predicted octanol–water partition coefficient (Wildman–Crippen LogP) is 2.40. The second-order valence-corrected chi connectivity index (χ2v) is 10.1. The van der Waals surface area contributed by atoms with Gasteiger partial charge in [-0.25, -0.2) is 23.2 Å². The van der Waals surface area contributed by atoms with Crippen molar-refractivity contribution in [1.82, 2.24) is 15.3 Å². The largest absolute Gasteiger partial charge is 0.460 e. The Morgan fingerprint density at radius 1 is 1.24 bits per heavy atom. The second kappa shape index (κ2) is 9.41. The highest BCUT2D eigenvalue weighted by molar-refractivity contribution is 7.90. The van der Waals surface area contributed by atoms with Gasteiger partial charge in [-0.05, 0) is 57.0 Å². The van der Waals surface area contributed by atoms with E-state index in [2.05, 4.69) is 15.3 Å². The smallest absolute Gasteiger partial charge is 0.374 e. The molecule has 1 aliphatic rings. The number of aryl methyl sites for hydroxylation is 1. The van der Waals surface area contributed by atoms with Gasteiger partial charge in [-0.2, -0.15) is 0 Å². The molecule has 10 nitrogen and oxygen atoms in total. The zero-order chi connectivity index (χ0) is 24.5. The van der Waals surface area contributed by atoms with Crippen molar-refractivity contribution in [1.29, 1.82) is 0 Å². The SMILES string of the molecule is CCOC(=O)c1ccc(CNC(=O)C2CCCN2c2nc(C)c3ccc(S(C)(=O)=O)cc3n2)o1. The predicted molar refractivity (Wildman–Crippen MR) is 124 cm³/mol. The summed E-state index contributed by atoms with van der Waals surface area (Å²) in [6.45, 7) is 4.51. The van der Waals surface area contributed by atoms with Crippen LogP contribution in [0, 0.1) is 6.92 Å². The van der Waals surface area contributed by atoms with Crippen molar-refractivity contribution < 1.29 is 27.2 Å². The summed E-state index contributed by atoms with van der Waals surface area (Å²) in [5.41, 5.74) is 1.21. The van der Waals surface area contributed by atoms with Gasteiger partial charge in [0.15, 0.2) is 9.84 Å². The van der Waals surface area contributed by atoms with Crippen molar-refractivity contribution in [3.63, 3.8) is 0 Å². The maximum Gasteiger partial charge on any atom is 0.374 e. The number of hydrogen-bond acceptors (Lipinski definition) is 9. The molecule has 1 atom stereocenters. The highest BCUT2D eigenvalue weighted by Crippen LogP contribution is 2.27. The molecule has 180 valence electrons. The van der Waals surface area contributed by atoms with E-state index >= 15 is 0 Å². The minimum absolute atomic E-state index is 0.0853. The third-order valence-electron chi connectivity index (χ3n) is 5.66. The van der Waals surface area contributed by atoms with E-state index in [4.69, 9.17) is 9.15 Å². The molecule has 1 fully saturated rings. The maximum atomic E-state index is 13.0. The van der Waals surface area contributed by atoms with Crippen LogP contribution in [-0.2, 0) is 25.9 Å². The zero-order valence-corrected chi connectivity index (χ0v) is 20.0. The van der Waals surface area contributed by atoms with E-state index in [-0.39, 0.29) is 29.7 Å². The number of aromatic nitrogens is 2. The second-order valence-electron chi connectivity index (χ2n) is 8.12. The van der Waals surface area contributed by atoms with Crippen molar-refractivity contribution in [2.24, 2.45) is 0 Å². The Morgan fingerprint density at radius 2 is 2.03 bits per heavy atom. The lowest BCUT2D eigenvalue weighted by molar-refractivity contribution is -0.122. The molecule has 0 radical (unpaired) electrons. The molecule has 0 aliphatic carbocycles. The minimum Gasteiger partial charge on any atom is -0.460 e. The number of amides is 1. The Balaban J connectivity index is 1.51. The van der Waals surface area contributed by atoms with Crippen LogP contribution in [0.25, 0.3) is 10.9 Å². The van der Waals surface area contributed by atoms with Gasteiger partial charge in [0.25, 0.3) is 0 Å². The number of fused-ring (bicyclic) bond motifs is 1. The molecule has 34 heavy (non-hydrogen) atoms. The van der Waals surface area contributed by atoms with Gasteiger partial charge in [-0.3, -0.25) is 4.79 Å². The van der Waals surface area contributed by atoms with Crippen molar-refractivity contribution in [2.75, 3.05) is 24.3 Å². The van der Waals surface area contributed by atoms with Gasteiger partial charge < -0.3 is 19.4 Å². The van der Waals surface area contributed by atoms with Crippen molar-refractivity contribution in [2.45, 2.75) is 44.2 Å². The third kappa shape index (κ3) is 4.89. The van der Waals surface area contributed by atoms with Crippen molar-refractivity contribution in [3.8, 4) is 0 Å². The molecule has 2 aromatic heterocycles. The summed E-state index contributed by atoms with van der Waals surface area (Å²) in [7, 11) is -3.38. The summed E-state index contributed by atoms with van der Waals surface area (Å²) < 4.78 is 34.3. The van der Waals surface area contributed by atoms with Gasteiger partial charge >= 0.3 is 5.97 Å². The van der Waals surface area contributed by atoms with Gasteiger partial charge in [-0.15, -0.1) is 0 Å². The fraction of sp³-hybridized carbons (Fsp3) is 0.391. The van der Waals surface area contributed by atoms with Crippen LogP contribution >= 0.6 is 0 Å². The summed E-state index contributed by atoms with van der Waals surface area (Å²) >= 11 is 0. The van der Waals surface area contributed by atoms with Crippen LogP contribution in [-0.4, -0.2) is 55.7 Å². The van der Waals surface area contributed by atoms with Crippen LogP contribution in [0.15, 0.2) is 39.6 Å². The number of esters is 1. The number of benzene rings is 1. The summed E-state index contributed by atoms with van der Waals surface area (Å²) in [5.74, 6) is 0.146. The lowest BCUT2D eigenvalue weighted by Gasteiger charge is -2.24. The van der Waals surface area contributed by atoms with E-state index in [9.17, 15) is 18.0 Å². The summed E-state index contributed by atoms with van der Waals surface area (Å²) in [5, 5.41) is 3.60. The standard InChI is InChI=1S/C23H26N4O6S/c1-4-32-22(29)20-10-7-15(33-20)13-24-21(28)19-6-5-11-27(19)23-25-14(2)17-9-8-16(34(3,30)31)12-18(17)26-23/h7-10,12,19H,4-6,11,13H2,1-3H3,(H,24,28). The normalized spacial score (nSPS) is 16.1. The number of hydrogen-bond donors (Lipinski definition) is 1. The molecule has 0 spiro atoms. The molecule has 0 bridgehead atoms. The highest BCUT2D eigenvalue weighted by atomic mass is 32.2. The van der Waals surface area contributed by atoms with E-state index in [1.54, 1.807) is 25.1 Å². The molecule has 1 N–H and O–H groups in total. The molecule has 1 amide bonds. The van der Waals surface area contributed by atoms with Gasteiger partial charge in [-0.1, -0.05) is 0 Å². The fourth-order valence-corrected chi connectivity index (χ4v) is 4.61. The first-order chi connectivity index (χ1) is 16.2. The van der Waals surface area contributed by atoms with E-state index in [0.717, 1.165) is 18.1 Å². The van der Waals surface area contributed by atoms with Gasteiger partial charge in [0.05, 0.1) is 29.3 Å². The van der Waals surface area contributed by atoms with Crippen LogP contribution in [0.4, 0.5) is 5.95 Å². The molecule has 3 aromatic rings. The van der Waals surface area contributed by atoms with E-state index in [0.29, 0.717) is 35.9 Å². The summed E-state index contributed by atoms with van der Waals surface area (Å²) in [4.78, 5) is 35.9. The van der Waals surface area contributed by atoms with Crippen LogP contribution in [0.2, 0.25) is 0 Å². The van der Waals surface area contributed by atoms with Crippen LogP contribution in [0.3, 0.4) is 0 Å². The molecule has 11 heteroatoms. The van der Waals surface area contributed by atoms with E-state index in [1.165, 1.54) is 12.1 Å². The number of carbonyl (C=O) groups excluding carboxylic acids is 2. The lowest BCUT2D eigenvalue weighted by atomic mass is 10.2. The molecule has 1 aromatic carbocycles. The summed E-state index contributed by atoms with van der Waals surface area (Å²) in [6, 6.07) is 7.43. The Kier molecular flexibility index (Phi) is 6.56. The number of ether oxygens (including phenoxy) is 1. The number of sulfone groups is 1. The van der Waals surface area contributed by atoms with Gasteiger partial charge in [0, 0.05) is 18.2 Å². The highest BCUT2D eigenvalue weighted by Gasteiger charge is 2.33.